The number of imidazole rings is 1. The van der Waals surface area contributed by atoms with Crippen molar-refractivity contribution in [2.45, 2.75) is 64.6 Å². The second-order valence-corrected chi connectivity index (χ2v) is 9.42. The number of nitrogens with zero attached hydrogens (tertiary/aromatic N) is 5. The average Bonchev–Trinajstić information content (AvgIpc) is 3.37. The molecule has 36 heavy (non-hydrogen) atoms. The van der Waals surface area contributed by atoms with Crippen LogP contribution in [0.2, 0.25) is 0 Å². The SMILES string of the molecule is CCC(=O)NC1(C)CC(Nc2nc(OC)c3c(-c4cnc5nc(C)n(CC(F)F)c5c4)c[nH]c3n2)C1. The number of amides is 1. The molecule has 1 fully saturated rings. The van der Waals surface area contributed by atoms with E-state index < -0.39 is 13.0 Å². The Hall–Kier alpha value is -3.83. The molecule has 190 valence electrons. The lowest BCUT2D eigenvalue weighted by atomic mass is 9.74. The molecule has 10 nitrogen and oxygen atoms in total. The number of alkyl halides is 2. The molecule has 0 aliphatic heterocycles. The maximum atomic E-state index is 13.1. The van der Waals surface area contributed by atoms with Crippen LogP contribution in [-0.2, 0) is 11.3 Å². The number of aryl methyl sites for hydroxylation is 1. The molecule has 0 atom stereocenters. The number of aromatic amines is 1. The first-order valence-electron chi connectivity index (χ1n) is 11.8. The number of hydrogen-bond acceptors (Lipinski definition) is 7. The fraction of sp³-hybridized carbons (Fsp3) is 0.458. The van der Waals surface area contributed by atoms with Gasteiger partial charge >= 0.3 is 0 Å². The van der Waals surface area contributed by atoms with E-state index in [2.05, 4.69) is 35.6 Å². The van der Waals surface area contributed by atoms with Crippen molar-refractivity contribution in [1.29, 1.82) is 0 Å². The van der Waals surface area contributed by atoms with Gasteiger partial charge in [0.05, 0.1) is 24.6 Å². The molecule has 1 amide bonds. The number of fused-ring (bicyclic) bond motifs is 2. The summed E-state index contributed by atoms with van der Waals surface area (Å²) in [6, 6.07) is 1.91. The molecule has 1 aliphatic rings. The number of halogens is 2. The molecular formula is C24H28F2N8O2. The van der Waals surface area contributed by atoms with Gasteiger partial charge in [-0.1, -0.05) is 6.92 Å². The summed E-state index contributed by atoms with van der Waals surface area (Å²) in [4.78, 5) is 32.8. The summed E-state index contributed by atoms with van der Waals surface area (Å²) in [6.07, 6.45) is 2.89. The normalized spacial score (nSPS) is 19.6. The van der Waals surface area contributed by atoms with Crippen molar-refractivity contribution in [1.82, 2.24) is 34.8 Å². The van der Waals surface area contributed by atoms with E-state index in [1.807, 2.05) is 13.8 Å². The molecule has 3 N–H and O–H groups in total. The number of carbonyl (C=O) groups is 1. The highest BCUT2D eigenvalue weighted by atomic mass is 19.3. The Morgan fingerprint density at radius 3 is 2.81 bits per heavy atom. The van der Waals surface area contributed by atoms with Crippen LogP contribution < -0.4 is 15.4 Å². The number of nitrogens with one attached hydrogen (secondary N) is 3. The third-order valence-electron chi connectivity index (χ3n) is 6.61. The highest BCUT2D eigenvalue weighted by molar-refractivity contribution is 5.98. The third kappa shape index (κ3) is 4.31. The lowest BCUT2D eigenvalue weighted by Crippen LogP contribution is -2.59. The monoisotopic (exact) mass is 498 g/mol. The maximum Gasteiger partial charge on any atom is 0.256 e. The van der Waals surface area contributed by atoms with Gasteiger partial charge in [0, 0.05) is 41.5 Å². The molecule has 4 aromatic heterocycles. The Morgan fingerprint density at radius 1 is 1.33 bits per heavy atom. The standard InChI is InChI=1S/C24H28F2N8O2/c1-5-18(35)33-24(3)7-14(8-24)30-23-31-21-19(22(32-23)36-4)15(10-28-21)13-6-16-20(27-9-13)29-12(2)34(16)11-17(25)26/h6,9-10,14,17H,5,7-8,11H2,1-4H3,(H,33,35)(H2,28,30,31,32). The number of aromatic nitrogens is 6. The predicted molar refractivity (Wildman–Crippen MR) is 131 cm³/mol. The van der Waals surface area contributed by atoms with Crippen LogP contribution in [-0.4, -0.2) is 60.5 Å². The van der Waals surface area contributed by atoms with Crippen molar-refractivity contribution >= 4 is 34.1 Å². The van der Waals surface area contributed by atoms with E-state index in [0.717, 1.165) is 18.4 Å². The second-order valence-electron chi connectivity index (χ2n) is 9.42. The van der Waals surface area contributed by atoms with Crippen molar-refractivity contribution in [3.05, 3.63) is 24.3 Å². The number of methoxy groups -OCH3 is 1. The van der Waals surface area contributed by atoms with Gasteiger partial charge in [0.2, 0.25) is 17.7 Å². The number of ether oxygens (including phenoxy) is 1. The molecule has 0 aromatic carbocycles. The zero-order valence-electron chi connectivity index (χ0n) is 20.5. The van der Waals surface area contributed by atoms with Crippen LogP contribution in [0.3, 0.4) is 0 Å². The summed E-state index contributed by atoms with van der Waals surface area (Å²) < 4.78 is 33.3. The first-order chi connectivity index (χ1) is 17.2. The maximum absolute atomic E-state index is 13.1. The van der Waals surface area contributed by atoms with Crippen LogP contribution in [0, 0.1) is 6.92 Å². The van der Waals surface area contributed by atoms with Gasteiger partial charge in [-0.3, -0.25) is 4.79 Å². The summed E-state index contributed by atoms with van der Waals surface area (Å²) in [6.45, 7) is 5.09. The lowest BCUT2D eigenvalue weighted by Gasteiger charge is -2.45. The molecule has 0 spiro atoms. The smallest absolute Gasteiger partial charge is 0.256 e. The van der Waals surface area contributed by atoms with Crippen LogP contribution in [0.15, 0.2) is 18.5 Å². The first-order valence-corrected chi connectivity index (χ1v) is 11.8. The molecule has 0 unspecified atom stereocenters. The fourth-order valence-electron chi connectivity index (χ4n) is 4.91. The summed E-state index contributed by atoms with van der Waals surface area (Å²) in [5, 5.41) is 7.04. The van der Waals surface area contributed by atoms with Crippen molar-refractivity contribution in [3.8, 4) is 17.0 Å². The van der Waals surface area contributed by atoms with E-state index in [1.165, 1.54) is 11.7 Å². The highest BCUT2D eigenvalue weighted by Gasteiger charge is 2.41. The van der Waals surface area contributed by atoms with Gasteiger partial charge in [-0.05, 0) is 32.8 Å². The van der Waals surface area contributed by atoms with Crippen molar-refractivity contribution < 1.29 is 18.3 Å². The third-order valence-corrected chi connectivity index (χ3v) is 6.61. The fourth-order valence-corrected chi connectivity index (χ4v) is 4.91. The van der Waals surface area contributed by atoms with Gasteiger partial charge in [-0.25, -0.2) is 18.7 Å². The molecule has 12 heteroatoms. The van der Waals surface area contributed by atoms with E-state index in [0.29, 0.717) is 51.8 Å². The van der Waals surface area contributed by atoms with Gasteiger partial charge in [0.15, 0.2) is 5.65 Å². The van der Waals surface area contributed by atoms with Gasteiger partial charge in [0.1, 0.15) is 11.5 Å². The Balaban J connectivity index is 1.44. The molecule has 1 aliphatic carbocycles. The number of H-pyrrole nitrogens is 1. The molecule has 4 heterocycles. The van der Waals surface area contributed by atoms with E-state index in [-0.39, 0.29) is 17.5 Å². The van der Waals surface area contributed by atoms with Crippen LogP contribution in [0.4, 0.5) is 14.7 Å². The summed E-state index contributed by atoms with van der Waals surface area (Å²) in [5.74, 6) is 1.31. The van der Waals surface area contributed by atoms with E-state index in [4.69, 9.17) is 4.74 Å². The van der Waals surface area contributed by atoms with Crippen LogP contribution >= 0.6 is 0 Å². The average molecular weight is 499 g/mol. The highest BCUT2D eigenvalue weighted by Crippen LogP contribution is 2.37. The second kappa shape index (κ2) is 8.99. The quantitative estimate of drug-likeness (QED) is 0.338. The number of pyridine rings is 1. The molecule has 0 radical (unpaired) electrons. The number of rotatable bonds is 8. The molecule has 0 saturated heterocycles. The zero-order valence-corrected chi connectivity index (χ0v) is 20.5. The number of hydrogen-bond donors (Lipinski definition) is 3. The Bertz CT molecular complexity index is 1440. The Kier molecular flexibility index (Phi) is 5.97. The molecular weight excluding hydrogens is 470 g/mol. The van der Waals surface area contributed by atoms with Gasteiger partial charge in [-0.15, -0.1) is 0 Å². The molecule has 0 bridgehead atoms. The topological polar surface area (TPSA) is 123 Å². The van der Waals surface area contributed by atoms with Gasteiger partial charge in [0.25, 0.3) is 6.43 Å². The number of carbonyl (C=O) groups excluding carboxylic acids is 1. The van der Waals surface area contributed by atoms with Crippen molar-refractivity contribution in [2.24, 2.45) is 0 Å². The minimum absolute atomic E-state index is 0.0364. The van der Waals surface area contributed by atoms with Gasteiger partial charge in [-0.2, -0.15) is 9.97 Å². The summed E-state index contributed by atoms with van der Waals surface area (Å²) in [5.41, 5.74) is 2.71. The molecule has 1 saturated carbocycles. The Morgan fingerprint density at radius 2 is 2.11 bits per heavy atom. The van der Waals surface area contributed by atoms with E-state index >= 15 is 0 Å². The van der Waals surface area contributed by atoms with Crippen molar-refractivity contribution in [2.75, 3.05) is 12.4 Å². The predicted octanol–water partition coefficient (Wildman–Crippen LogP) is 3.81. The Labute approximate surface area is 205 Å². The molecule has 4 aromatic rings. The van der Waals surface area contributed by atoms with Gasteiger partial charge < -0.3 is 24.9 Å². The number of anilines is 1. The van der Waals surface area contributed by atoms with Crippen LogP contribution in [0.1, 0.15) is 38.9 Å². The first kappa shape index (κ1) is 23.9. The zero-order chi connectivity index (χ0) is 25.6. The van der Waals surface area contributed by atoms with E-state index in [9.17, 15) is 13.6 Å². The largest absolute Gasteiger partial charge is 0.480 e. The molecule has 5 rings (SSSR count). The van der Waals surface area contributed by atoms with Crippen LogP contribution in [0.25, 0.3) is 33.3 Å². The van der Waals surface area contributed by atoms with Crippen molar-refractivity contribution in [3.63, 3.8) is 0 Å². The minimum atomic E-state index is -2.51. The van der Waals surface area contributed by atoms with Crippen LogP contribution in [0.5, 0.6) is 5.88 Å². The summed E-state index contributed by atoms with van der Waals surface area (Å²) in [7, 11) is 1.53. The lowest BCUT2D eigenvalue weighted by molar-refractivity contribution is -0.123. The van der Waals surface area contributed by atoms with E-state index in [1.54, 1.807) is 25.4 Å². The summed E-state index contributed by atoms with van der Waals surface area (Å²) >= 11 is 0. The minimum Gasteiger partial charge on any atom is -0.480 e.